The van der Waals surface area contributed by atoms with Gasteiger partial charge in [0.1, 0.15) is 5.70 Å². The summed E-state index contributed by atoms with van der Waals surface area (Å²) in [5.41, 5.74) is 2.43. The minimum absolute atomic E-state index is 0.0765. The van der Waals surface area contributed by atoms with Gasteiger partial charge in [-0.05, 0) is 89.1 Å². The highest BCUT2D eigenvalue weighted by Gasteiger charge is 2.17. The van der Waals surface area contributed by atoms with Crippen LogP contribution in [0.15, 0.2) is 118 Å². The molecule has 1 unspecified atom stereocenters. The number of para-hydroxylation sites is 1. The summed E-state index contributed by atoms with van der Waals surface area (Å²) in [6, 6.07) is 26.8. The SMILES string of the molecule is CC(Sc1ccc(NC(=O)/C(=C/c2cccnc2)NC(=O)c2ccccc2)cc1)C(=O)Nc1ccccc1Br. The summed E-state index contributed by atoms with van der Waals surface area (Å²) in [6.07, 6.45) is 4.80. The molecule has 3 amide bonds. The van der Waals surface area contributed by atoms with Crippen LogP contribution in [0.3, 0.4) is 0 Å². The molecular formula is C30H25BrN4O3S. The van der Waals surface area contributed by atoms with E-state index in [1.807, 2.05) is 49.4 Å². The number of nitrogens with one attached hydrogen (secondary N) is 3. The fraction of sp³-hybridized carbons (Fsp3) is 0.0667. The Bertz CT molecular complexity index is 1480. The maximum absolute atomic E-state index is 13.2. The molecule has 4 aromatic rings. The Morgan fingerprint density at radius 3 is 2.28 bits per heavy atom. The highest BCUT2D eigenvalue weighted by atomic mass is 79.9. The summed E-state index contributed by atoms with van der Waals surface area (Å²) in [7, 11) is 0. The molecule has 1 atom stereocenters. The van der Waals surface area contributed by atoms with Crippen molar-refractivity contribution < 1.29 is 14.4 Å². The highest BCUT2D eigenvalue weighted by Crippen LogP contribution is 2.27. The summed E-state index contributed by atoms with van der Waals surface area (Å²) in [5, 5.41) is 8.10. The topological polar surface area (TPSA) is 100 Å². The molecule has 0 aliphatic carbocycles. The van der Waals surface area contributed by atoms with Gasteiger partial charge in [0, 0.05) is 33.0 Å². The fourth-order valence-corrected chi connectivity index (χ4v) is 4.69. The Balaban J connectivity index is 1.42. The molecule has 3 aromatic carbocycles. The van der Waals surface area contributed by atoms with Crippen LogP contribution in [0.2, 0.25) is 0 Å². The summed E-state index contributed by atoms with van der Waals surface area (Å²) in [4.78, 5) is 43.5. The van der Waals surface area contributed by atoms with E-state index < -0.39 is 11.8 Å². The quantitative estimate of drug-likeness (QED) is 0.153. The third-order valence-corrected chi connectivity index (χ3v) is 7.25. The average molecular weight is 602 g/mol. The average Bonchev–Trinajstić information content (AvgIpc) is 2.96. The molecule has 0 saturated heterocycles. The number of aromatic nitrogens is 1. The minimum Gasteiger partial charge on any atom is -0.324 e. The molecule has 1 aromatic heterocycles. The molecule has 0 bridgehead atoms. The molecule has 3 N–H and O–H groups in total. The summed E-state index contributed by atoms with van der Waals surface area (Å²) >= 11 is 4.84. The van der Waals surface area contributed by atoms with Crippen molar-refractivity contribution in [3.8, 4) is 0 Å². The largest absolute Gasteiger partial charge is 0.324 e. The Hall–Kier alpha value is -4.21. The summed E-state index contributed by atoms with van der Waals surface area (Å²) in [6.45, 7) is 1.83. The van der Waals surface area contributed by atoms with Gasteiger partial charge in [0.2, 0.25) is 5.91 Å². The van der Waals surface area contributed by atoms with E-state index in [0.717, 1.165) is 9.37 Å². The van der Waals surface area contributed by atoms with Crippen molar-refractivity contribution in [3.05, 3.63) is 125 Å². The number of hydrogen-bond donors (Lipinski definition) is 3. The third kappa shape index (κ3) is 8.13. The number of thioether (sulfide) groups is 1. The van der Waals surface area contributed by atoms with Crippen molar-refractivity contribution >= 4 is 62.9 Å². The first-order valence-electron chi connectivity index (χ1n) is 12.0. The van der Waals surface area contributed by atoms with Gasteiger partial charge in [-0.2, -0.15) is 0 Å². The molecule has 196 valence electrons. The fourth-order valence-electron chi connectivity index (χ4n) is 3.44. The molecule has 4 rings (SSSR count). The Morgan fingerprint density at radius 2 is 1.59 bits per heavy atom. The van der Waals surface area contributed by atoms with Crippen LogP contribution in [0.25, 0.3) is 6.08 Å². The van der Waals surface area contributed by atoms with Crippen molar-refractivity contribution in [1.82, 2.24) is 10.3 Å². The first kappa shape index (κ1) is 27.8. The standard InChI is InChI=1S/C30H25BrN4O3S/c1-20(28(36)34-26-12-6-5-11-25(26)31)39-24-15-13-23(14-16-24)33-30(38)27(18-21-8-7-17-32-19-21)35-29(37)22-9-3-2-4-10-22/h2-20H,1H3,(H,33,38)(H,34,36)(H,35,37)/b27-18-. The zero-order valence-corrected chi connectivity index (χ0v) is 23.3. The van der Waals surface area contributed by atoms with Gasteiger partial charge in [-0.25, -0.2) is 0 Å². The highest BCUT2D eigenvalue weighted by molar-refractivity contribution is 9.10. The minimum atomic E-state index is -0.482. The van der Waals surface area contributed by atoms with Crippen LogP contribution in [0, 0.1) is 0 Å². The first-order valence-corrected chi connectivity index (χ1v) is 13.7. The number of amides is 3. The number of pyridine rings is 1. The normalized spacial score (nSPS) is 11.8. The van der Waals surface area contributed by atoms with E-state index in [1.165, 1.54) is 11.8 Å². The van der Waals surface area contributed by atoms with E-state index in [9.17, 15) is 14.4 Å². The maximum Gasteiger partial charge on any atom is 0.272 e. The van der Waals surface area contributed by atoms with E-state index in [4.69, 9.17) is 0 Å². The van der Waals surface area contributed by atoms with Crippen LogP contribution in [-0.4, -0.2) is 28.0 Å². The Labute approximate surface area is 239 Å². The molecule has 1 heterocycles. The van der Waals surface area contributed by atoms with Crippen LogP contribution in [0.4, 0.5) is 11.4 Å². The van der Waals surface area contributed by atoms with Crippen LogP contribution < -0.4 is 16.0 Å². The molecular weight excluding hydrogens is 576 g/mol. The van der Waals surface area contributed by atoms with Crippen molar-refractivity contribution in [2.24, 2.45) is 0 Å². The van der Waals surface area contributed by atoms with Crippen LogP contribution >= 0.6 is 27.7 Å². The molecule has 7 nitrogen and oxygen atoms in total. The molecule has 39 heavy (non-hydrogen) atoms. The van der Waals surface area contributed by atoms with Gasteiger partial charge in [0.25, 0.3) is 11.8 Å². The van der Waals surface area contributed by atoms with E-state index in [2.05, 4.69) is 36.9 Å². The molecule has 0 aliphatic rings. The van der Waals surface area contributed by atoms with E-state index in [-0.39, 0.29) is 16.9 Å². The smallest absolute Gasteiger partial charge is 0.272 e. The predicted octanol–water partition coefficient (Wildman–Crippen LogP) is 6.37. The Kier molecular flexibility index (Phi) is 9.66. The van der Waals surface area contributed by atoms with E-state index in [1.54, 1.807) is 67.0 Å². The molecule has 0 aliphatic heterocycles. The second-order valence-corrected chi connectivity index (χ2v) is 10.6. The number of halogens is 1. The molecule has 0 spiro atoms. The molecule has 0 saturated carbocycles. The number of rotatable bonds is 9. The lowest BCUT2D eigenvalue weighted by atomic mass is 10.2. The zero-order valence-electron chi connectivity index (χ0n) is 20.9. The van der Waals surface area contributed by atoms with Gasteiger partial charge in [0.05, 0.1) is 10.9 Å². The zero-order chi connectivity index (χ0) is 27.6. The number of hydrogen-bond acceptors (Lipinski definition) is 5. The number of benzene rings is 3. The number of anilines is 2. The third-order valence-electron chi connectivity index (χ3n) is 5.45. The van der Waals surface area contributed by atoms with Gasteiger partial charge in [-0.3, -0.25) is 19.4 Å². The number of nitrogens with zero attached hydrogens (tertiary/aromatic N) is 1. The maximum atomic E-state index is 13.2. The van der Waals surface area contributed by atoms with E-state index >= 15 is 0 Å². The van der Waals surface area contributed by atoms with E-state index in [0.29, 0.717) is 22.5 Å². The monoisotopic (exact) mass is 600 g/mol. The van der Waals surface area contributed by atoms with Gasteiger partial charge >= 0.3 is 0 Å². The lowest BCUT2D eigenvalue weighted by Gasteiger charge is -2.14. The van der Waals surface area contributed by atoms with Crippen molar-refractivity contribution in [2.45, 2.75) is 17.1 Å². The predicted molar refractivity (Wildman–Crippen MR) is 159 cm³/mol. The van der Waals surface area contributed by atoms with Crippen molar-refractivity contribution in [1.29, 1.82) is 0 Å². The van der Waals surface area contributed by atoms with Gasteiger partial charge in [-0.1, -0.05) is 36.4 Å². The second-order valence-electron chi connectivity index (χ2n) is 8.37. The van der Waals surface area contributed by atoms with Gasteiger partial charge in [0.15, 0.2) is 0 Å². The van der Waals surface area contributed by atoms with Gasteiger partial charge < -0.3 is 16.0 Å². The summed E-state index contributed by atoms with van der Waals surface area (Å²) in [5.74, 6) is -1.00. The Morgan fingerprint density at radius 1 is 0.872 bits per heavy atom. The molecule has 0 radical (unpaired) electrons. The molecule has 0 fully saturated rings. The lowest BCUT2D eigenvalue weighted by Crippen LogP contribution is -2.30. The number of carbonyl (C=O) groups is 3. The van der Waals surface area contributed by atoms with Crippen molar-refractivity contribution in [3.63, 3.8) is 0 Å². The number of carbonyl (C=O) groups excluding carboxylic acids is 3. The summed E-state index contributed by atoms with van der Waals surface area (Å²) < 4.78 is 0.813. The van der Waals surface area contributed by atoms with Crippen molar-refractivity contribution in [2.75, 3.05) is 10.6 Å². The molecule has 9 heteroatoms. The van der Waals surface area contributed by atoms with Crippen LogP contribution in [0.1, 0.15) is 22.8 Å². The van der Waals surface area contributed by atoms with Crippen LogP contribution in [0.5, 0.6) is 0 Å². The second kappa shape index (κ2) is 13.5. The first-order chi connectivity index (χ1) is 18.9. The lowest BCUT2D eigenvalue weighted by molar-refractivity contribution is -0.115. The van der Waals surface area contributed by atoms with Crippen LogP contribution in [-0.2, 0) is 9.59 Å². The van der Waals surface area contributed by atoms with Gasteiger partial charge in [-0.15, -0.1) is 11.8 Å².